The van der Waals surface area contributed by atoms with Gasteiger partial charge in [0.2, 0.25) is 0 Å². The Hall–Kier alpha value is -2.07. The van der Waals surface area contributed by atoms with Crippen molar-refractivity contribution in [3.05, 3.63) is 75.0 Å². The van der Waals surface area contributed by atoms with Crippen LogP contribution < -0.4 is 10.9 Å². The van der Waals surface area contributed by atoms with Gasteiger partial charge >= 0.3 is 0 Å². The van der Waals surface area contributed by atoms with Crippen molar-refractivity contribution in [2.45, 2.75) is 6.54 Å². The summed E-state index contributed by atoms with van der Waals surface area (Å²) in [5.41, 5.74) is 1.07. The van der Waals surface area contributed by atoms with Crippen LogP contribution in [0.4, 0.5) is 5.82 Å². The Balaban J connectivity index is 1.88. The third-order valence-electron chi connectivity index (χ3n) is 3.18. The zero-order valence-electron chi connectivity index (χ0n) is 10.7. The highest BCUT2D eigenvalue weighted by Crippen LogP contribution is 2.18. The van der Waals surface area contributed by atoms with Crippen LogP contribution in [0.25, 0.3) is 10.8 Å². The predicted octanol–water partition coefficient (Wildman–Crippen LogP) is 3.90. The third kappa shape index (κ3) is 2.60. The second-order valence-corrected chi connectivity index (χ2v) is 5.40. The van der Waals surface area contributed by atoms with Crippen molar-refractivity contribution in [2.75, 3.05) is 5.32 Å². The second kappa shape index (κ2) is 5.51. The number of nitrogens with one attached hydrogen (secondary N) is 2. The van der Waals surface area contributed by atoms with Gasteiger partial charge in [0.25, 0.3) is 5.56 Å². The number of H-pyrrole nitrogens is 1. The normalized spacial score (nSPS) is 10.7. The number of aromatic nitrogens is 1. The summed E-state index contributed by atoms with van der Waals surface area (Å²) in [6, 6.07) is 17.5. The van der Waals surface area contributed by atoms with E-state index < -0.39 is 0 Å². The van der Waals surface area contributed by atoms with Gasteiger partial charge in [0.15, 0.2) is 0 Å². The largest absolute Gasteiger partial charge is 0.367 e. The third-order valence-corrected chi connectivity index (χ3v) is 3.95. The minimum atomic E-state index is -0.0715. The highest BCUT2D eigenvalue weighted by atomic mass is 79.9. The Labute approximate surface area is 124 Å². The van der Waals surface area contributed by atoms with Crippen LogP contribution in [0.5, 0.6) is 0 Å². The molecule has 0 radical (unpaired) electrons. The molecule has 3 rings (SSSR count). The molecule has 0 atom stereocenters. The average Bonchev–Trinajstić information content (AvgIpc) is 2.46. The number of halogens is 1. The minimum absolute atomic E-state index is 0.0715. The summed E-state index contributed by atoms with van der Waals surface area (Å²) in [5, 5.41) is 4.89. The molecule has 100 valence electrons. The van der Waals surface area contributed by atoms with E-state index in [0.29, 0.717) is 11.9 Å². The summed E-state index contributed by atoms with van der Waals surface area (Å²) >= 11 is 3.51. The average molecular weight is 329 g/mol. The molecule has 1 heterocycles. The zero-order chi connectivity index (χ0) is 13.9. The number of benzene rings is 2. The molecule has 0 amide bonds. The summed E-state index contributed by atoms with van der Waals surface area (Å²) < 4.78 is 1.05. The smallest absolute Gasteiger partial charge is 0.257 e. The van der Waals surface area contributed by atoms with E-state index in [4.69, 9.17) is 0 Å². The molecule has 0 aliphatic carbocycles. The standard InChI is InChI=1S/C16H13BrN2O/c17-14-8-4-2-6-12(14)10-18-15-9-11-5-1-3-7-13(11)16(20)19-15/h1-9H,10H2,(H2,18,19,20). The fourth-order valence-corrected chi connectivity index (χ4v) is 2.56. The van der Waals surface area contributed by atoms with E-state index in [9.17, 15) is 4.79 Å². The molecular weight excluding hydrogens is 316 g/mol. The van der Waals surface area contributed by atoms with Crippen LogP contribution in [0.3, 0.4) is 0 Å². The van der Waals surface area contributed by atoms with Crippen molar-refractivity contribution in [3.63, 3.8) is 0 Å². The summed E-state index contributed by atoms with van der Waals surface area (Å²) in [5.74, 6) is 0.726. The van der Waals surface area contributed by atoms with Crippen LogP contribution >= 0.6 is 15.9 Å². The van der Waals surface area contributed by atoms with Crippen molar-refractivity contribution in [1.82, 2.24) is 4.98 Å². The van der Waals surface area contributed by atoms with Crippen LogP contribution in [0.2, 0.25) is 0 Å². The quantitative estimate of drug-likeness (QED) is 0.765. The molecule has 3 aromatic rings. The minimum Gasteiger partial charge on any atom is -0.367 e. The van der Waals surface area contributed by atoms with E-state index in [1.54, 1.807) is 0 Å². The second-order valence-electron chi connectivity index (χ2n) is 4.54. The maximum atomic E-state index is 12.0. The van der Waals surface area contributed by atoms with Gasteiger partial charge in [-0.3, -0.25) is 4.79 Å². The molecule has 3 nitrogen and oxygen atoms in total. The van der Waals surface area contributed by atoms with Crippen LogP contribution in [0.1, 0.15) is 5.56 Å². The SMILES string of the molecule is O=c1[nH]c(NCc2ccccc2Br)cc2ccccc12. The van der Waals surface area contributed by atoms with Crippen molar-refractivity contribution < 1.29 is 0 Å². The molecule has 0 unspecified atom stereocenters. The zero-order valence-corrected chi connectivity index (χ0v) is 12.3. The summed E-state index contributed by atoms with van der Waals surface area (Å²) in [7, 11) is 0. The van der Waals surface area contributed by atoms with Gasteiger partial charge in [-0.1, -0.05) is 52.3 Å². The van der Waals surface area contributed by atoms with E-state index in [-0.39, 0.29) is 5.56 Å². The van der Waals surface area contributed by atoms with Gasteiger partial charge in [-0.15, -0.1) is 0 Å². The molecule has 2 aromatic carbocycles. The highest BCUT2D eigenvalue weighted by molar-refractivity contribution is 9.10. The Morgan fingerprint density at radius 2 is 1.80 bits per heavy atom. The van der Waals surface area contributed by atoms with Crippen LogP contribution in [-0.2, 0) is 6.54 Å². The van der Waals surface area contributed by atoms with Gasteiger partial charge in [0, 0.05) is 16.4 Å². The number of pyridine rings is 1. The molecule has 2 N–H and O–H groups in total. The number of hydrogen-bond donors (Lipinski definition) is 2. The first-order chi connectivity index (χ1) is 9.74. The van der Waals surface area contributed by atoms with Crippen LogP contribution in [0.15, 0.2) is 63.9 Å². The van der Waals surface area contributed by atoms with E-state index in [1.165, 1.54) is 0 Å². The number of hydrogen-bond acceptors (Lipinski definition) is 2. The van der Waals surface area contributed by atoms with E-state index in [2.05, 4.69) is 26.2 Å². The fraction of sp³-hybridized carbons (Fsp3) is 0.0625. The van der Waals surface area contributed by atoms with Gasteiger partial charge in [0.1, 0.15) is 5.82 Å². The molecular formula is C16H13BrN2O. The molecule has 0 aliphatic rings. The first-order valence-corrected chi connectivity index (χ1v) is 7.13. The lowest BCUT2D eigenvalue weighted by atomic mass is 10.2. The van der Waals surface area contributed by atoms with Crippen molar-refractivity contribution in [2.24, 2.45) is 0 Å². The van der Waals surface area contributed by atoms with Gasteiger partial charge in [0.05, 0.1) is 0 Å². The summed E-state index contributed by atoms with van der Waals surface area (Å²) in [6.45, 7) is 0.649. The first-order valence-electron chi connectivity index (χ1n) is 6.33. The number of fused-ring (bicyclic) bond motifs is 1. The Morgan fingerprint density at radius 1 is 1.05 bits per heavy atom. The maximum Gasteiger partial charge on any atom is 0.257 e. The van der Waals surface area contributed by atoms with Gasteiger partial charge in [-0.2, -0.15) is 0 Å². The van der Waals surface area contributed by atoms with E-state index in [1.807, 2.05) is 54.6 Å². The van der Waals surface area contributed by atoms with Crippen molar-refractivity contribution in [3.8, 4) is 0 Å². The molecule has 0 bridgehead atoms. The monoisotopic (exact) mass is 328 g/mol. The maximum absolute atomic E-state index is 12.0. The lowest BCUT2D eigenvalue weighted by molar-refractivity contribution is 1.10. The summed E-state index contributed by atoms with van der Waals surface area (Å²) in [6.07, 6.45) is 0. The topological polar surface area (TPSA) is 44.9 Å². The molecule has 4 heteroatoms. The Bertz CT molecular complexity index is 811. The molecule has 1 aromatic heterocycles. The van der Waals surface area contributed by atoms with Crippen LogP contribution in [-0.4, -0.2) is 4.98 Å². The molecule has 0 aliphatic heterocycles. The van der Waals surface area contributed by atoms with Crippen molar-refractivity contribution >= 4 is 32.5 Å². The fourth-order valence-electron chi connectivity index (χ4n) is 2.14. The number of rotatable bonds is 3. The predicted molar refractivity (Wildman–Crippen MR) is 86.0 cm³/mol. The summed E-state index contributed by atoms with van der Waals surface area (Å²) in [4.78, 5) is 14.8. The highest BCUT2D eigenvalue weighted by Gasteiger charge is 2.02. The molecule has 0 saturated heterocycles. The van der Waals surface area contributed by atoms with Gasteiger partial charge < -0.3 is 10.3 Å². The first kappa shape index (κ1) is 12.9. The molecule has 0 spiro atoms. The Morgan fingerprint density at radius 3 is 2.65 bits per heavy atom. The lowest BCUT2D eigenvalue weighted by Gasteiger charge is -2.09. The van der Waals surface area contributed by atoms with E-state index in [0.717, 1.165) is 21.2 Å². The Kier molecular flexibility index (Phi) is 3.56. The van der Waals surface area contributed by atoms with E-state index >= 15 is 0 Å². The number of aromatic amines is 1. The molecule has 0 saturated carbocycles. The number of anilines is 1. The van der Waals surface area contributed by atoms with Crippen LogP contribution in [0, 0.1) is 0 Å². The van der Waals surface area contributed by atoms with Crippen molar-refractivity contribution in [1.29, 1.82) is 0 Å². The molecule has 0 fully saturated rings. The van der Waals surface area contributed by atoms with Gasteiger partial charge in [-0.05, 0) is 29.1 Å². The van der Waals surface area contributed by atoms with Gasteiger partial charge in [-0.25, -0.2) is 0 Å². The lowest BCUT2D eigenvalue weighted by Crippen LogP contribution is -2.11. The molecule has 20 heavy (non-hydrogen) atoms.